The molecule has 0 aliphatic carbocycles. The molecule has 4 aromatic rings. The molecule has 124 valence electrons. The summed E-state index contributed by atoms with van der Waals surface area (Å²) in [5, 5.41) is 1.09. The van der Waals surface area contributed by atoms with E-state index in [1.54, 1.807) is 36.4 Å². The number of hydrogen-bond acceptors (Lipinski definition) is 5. The van der Waals surface area contributed by atoms with Gasteiger partial charge in [-0.2, -0.15) is 0 Å². The van der Waals surface area contributed by atoms with Crippen LogP contribution in [0.15, 0.2) is 66.6 Å². The van der Waals surface area contributed by atoms with Gasteiger partial charge >= 0.3 is 11.6 Å². The summed E-state index contributed by atoms with van der Waals surface area (Å²) < 4.78 is 16.8. The molecule has 0 N–H and O–H groups in total. The standard InChI is InChI=1S/C19H11BrO5/c1-23-18(21)11-4-2-10(3-5-11)15-9-14-17(24-15)13-7-6-12(20)8-16(13)25-19(14)22/h2-9H,1H3. The molecule has 0 aliphatic rings. The highest BCUT2D eigenvalue weighted by molar-refractivity contribution is 9.10. The number of carbonyl (C=O) groups excluding carboxylic acids is 1. The minimum absolute atomic E-state index is 0.377. The number of benzene rings is 2. The van der Waals surface area contributed by atoms with E-state index in [1.807, 2.05) is 12.1 Å². The molecule has 0 atom stereocenters. The molecule has 0 radical (unpaired) electrons. The van der Waals surface area contributed by atoms with Crippen LogP contribution in [0, 0.1) is 0 Å². The first kappa shape index (κ1) is 15.7. The smallest absolute Gasteiger partial charge is 0.347 e. The summed E-state index contributed by atoms with van der Waals surface area (Å²) in [6.45, 7) is 0. The first-order chi connectivity index (χ1) is 12.1. The fourth-order valence-corrected chi connectivity index (χ4v) is 3.04. The minimum Gasteiger partial charge on any atom is -0.465 e. The second kappa shape index (κ2) is 5.89. The van der Waals surface area contributed by atoms with E-state index in [-0.39, 0.29) is 0 Å². The molecule has 0 unspecified atom stereocenters. The van der Waals surface area contributed by atoms with E-state index in [1.165, 1.54) is 7.11 Å². The van der Waals surface area contributed by atoms with Crippen LogP contribution in [-0.4, -0.2) is 13.1 Å². The van der Waals surface area contributed by atoms with Crippen molar-refractivity contribution in [2.45, 2.75) is 0 Å². The van der Waals surface area contributed by atoms with E-state index in [9.17, 15) is 9.59 Å². The van der Waals surface area contributed by atoms with Crippen LogP contribution in [-0.2, 0) is 4.74 Å². The maximum absolute atomic E-state index is 12.2. The van der Waals surface area contributed by atoms with Gasteiger partial charge in [-0.3, -0.25) is 0 Å². The van der Waals surface area contributed by atoms with Crippen molar-refractivity contribution in [2.75, 3.05) is 7.11 Å². The summed E-state index contributed by atoms with van der Waals surface area (Å²) in [6.07, 6.45) is 0. The van der Waals surface area contributed by atoms with E-state index >= 15 is 0 Å². The van der Waals surface area contributed by atoms with Crippen LogP contribution in [0.1, 0.15) is 10.4 Å². The van der Waals surface area contributed by atoms with Crippen molar-refractivity contribution in [1.82, 2.24) is 0 Å². The Morgan fingerprint density at radius 1 is 1.00 bits per heavy atom. The Morgan fingerprint density at radius 3 is 2.48 bits per heavy atom. The Kier molecular flexibility index (Phi) is 3.69. The van der Waals surface area contributed by atoms with Crippen molar-refractivity contribution in [3.8, 4) is 11.3 Å². The second-order valence-corrected chi connectivity index (χ2v) is 6.37. The lowest BCUT2D eigenvalue weighted by Gasteiger charge is -2.00. The fraction of sp³-hybridized carbons (Fsp3) is 0.0526. The second-order valence-electron chi connectivity index (χ2n) is 5.45. The molecule has 0 spiro atoms. The molecule has 2 heterocycles. The third-order valence-corrected chi connectivity index (χ3v) is 4.43. The quantitative estimate of drug-likeness (QED) is 0.359. The Hall–Kier alpha value is -2.86. The van der Waals surface area contributed by atoms with Crippen molar-refractivity contribution in [1.29, 1.82) is 0 Å². The zero-order valence-corrected chi connectivity index (χ0v) is 14.6. The van der Waals surface area contributed by atoms with Gasteiger partial charge < -0.3 is 13.6 Å². The average molecular weight is 399 g/mol. The summed E-state index contributed by atoms with van der Waals surface area (Å²) in [5.74, 6) is 0.113. The number of ether oxygens (including phenoxy) is 1. The molecule has 0 fully saturated rings. The topological polar surface area (TPSA) is 69.7 Å². The largest absolute Gasteiger partial charge is 0.465 e. The lowest BCUT2D eigenvalue weighted by atomic mass is 10.1. The molecule has 0 bridgehead atoms. The number of rotatable bonds is 2. The first-order valence-corrected chi connectivity index (χ1v) is 8.21. The van der Waals surface area contributed by atoms with Crippen molar-refractivity contribution in [3.63, 3.8) is 0 Å². The van der Waals surface area contributed by atoms with Gasteiger partial charge in [-0.25, -0.2) is 9.59 Å². The Balaban J connectivity index is 1.89. The highest BCUT2D eigenvalue weighted by Gasteiger charge is 2.15. The molecule has 0 aliphatic heterocycles. The van der Waals surface area contributed by atoms with Gasteiger partial charge in [0.1, 0.15) is 16.7 Å². The van der Waals surface area contributed by atoms with E-state index < -0.39 is 11.6 Å². The van der Waals surface area contributed by atoms with Crippen LogP contribution < -0.4 is 5.63 Å². The van der Waals surface area contributed by atoms with E-state index in [0.29, 0.717) is 27.9 Å². The predicted molar refractivity (Wildman–Crippen MR) is 96.7 cm³/mol. The average Bonchev–Trinajstić information content (AvgIpc) is 3.07. The number of halogens is 1. The fourth-order valence-electron chi connectivity index (χ4n) is 2.70. The molecule has 25 heavy (non-hydrogen) atoms. The van der Waals surface area contributed by atoms with E-state index in [2.05, 4.69) is 20.7 Å². The molecule has 4 rings (SSSR count). The number of fused-ring (bicyclic) bond motifs is 3. The lowest BCUT2D eigenvalue weighted by molar-refractivity contribution is 0.0600. The van der Waals surface area contributed by atoms with Crippen molar-refractivity contribution in [2.24, 2.45) is 0 Å². The van der Waals surface area contributed by atoms with Crippen molar-refractivity contribution < 1.29 is 18.4 Å². The van der Waals surface area contributed by atoms with Gasteiger partial charge in [0, 0.05) is 10.0 Å². The monoisotopic (exact) mass is 398 g/mol. The Morgan fingerprint density at radius 2 is 1.76 bits per heavy atom. The zero-order chi connectivity index (χ0) is 17.6. The van der Waals surface area contributed by atoms with Gasteiger partial charge in [-0.1, -0.05) is 28.1 Å². The third-order valence-electron chi connectivity index (χ3n) is 3.93. The summed E-state index contributed by atoms with van der Waals surface area (Å²) in [7, 11) is 1.33. The highest BCUT2D eigenvalue weighted by atomic mass is 79.9. The Bertz CT molecular complexity index is 1170. The maximum atomic E-state index is 12.2. The molecule has 2 aromatic heterocycles. The van der Waals surface area contributed by atoms with E-state index in [4.69, 9.17) is 8.83 Å². The summed E-state index contributed by atoms with van der Waals surface area (Å²) >= 11 is 3.36. The van der Waals surface area contributed by atoms with Gasteiger partial charge in [0.2, 0.25) is 0 Å². The molecule has 0 saturated heterocycles. The minimum atomic E-state index is -0.457. The van der Waals surface area contributed by atoms with Crippen molar-refractivity contribution >= 4 is 43.8 Å². The van der Waals surface area contributed by atoms with Gasteiger partial charge in [-0.05, 0) is 36.4 Å². The van der Waals surface area contributed by atoms with Crippen LogP contribution in [0.25, 0.3) is 33.3 Å². The van der Waals surface area contributed by atoms with Gasteiger partial charge in [-0.15, -0.1) is 0 Å². The highest BCUT2D eigenvalue weighted by Crippen LogP contribution is 2.32. The van der Waals surface area contributed by atoms with Crippen LogP contribution in [0.2, 0.25) is 0 Å². The van der Waals surface area contributed by atoms with Gasteiger partial charge in [0.05, 0.1) is 18.1 Å². The number of methoxy groups -OCH3 is 1. The molecule has 0 saturated carbocycles. The number of hydrogen-bond donors (Lipinski definition) is 0. The summed E-state index contributed by atoms with van der Waals surface area (Å²) in [5.41, 5.74) is 1.66. The summed E-state index contributed by atoms with van der Waals surface area (Å²) in [4.78, 5) is 23.7. The van der Waals surface area contributed by atoms with Crippen LogP contribution >= 0.6 is 15.9 Å². The number of esters is 1. The lowest BCUT2D eigenvalue weighted by Crippen LogP contribution is -2.00. The normalized spacial score (nSPS) is 11.1. The molecule has 0 amide bonds. The van der Waals surface area contributed by atoms with Crippen molar-refractivity contribution in [3.05, 3.63) is 69.0 Å². The number of furan rings is 1. The molecular formula is C19H11BrO5. The third kappa shape index (κ3) is 2.64. The molecule has 6 heteroatoms. The maximum Gasteiger partial charge on any atom is 0.347 e. The zero-order valence-electron chi connectivity index (χ0n) is 13.0. The number of carbonyl (C=O) groups is 1. The molecule has 5 nitrogen and oxygen atoms in total. The van der Waals surface area contributed by atoms with Crippen LogP contribution in [0.5, 0.6) is 0 Å². The predicted octanol–water partition coefficient (Wildman–Crippen LogP) is 4.76. The molecule has 2 aromatic carbocycles. The first-order valence-electron chi connectivity index (χ1n) is 7.41. The van der Waals surface area contributed by atoms with Crippen LogP contribution in [0.4, 0.5) is 0 Å². The SMILES string of the molecule is COC(=O)c1ccc(-c2cc3c(=O)oc4cc(Br)ccc4c3o2)cc1. The van der Waals surface area contributed by atoms with Crippen LogP contribution in [0.3, 0.4) is 0 Å². The van der Waals surface area contributed by atoms with Gasteiger partial charge in [0.25, 0.3) is 0 Å². The van der Waals surface area contributed by atoms with Gasteiger partial charge in [0.15, 0.2) is 5.58 Å². The Labute approximate surface area is 149 Å². The van der Waals surface area contributed by atoms with E-state index in [0.717, 1.165) is 15.4 Å². The summed E-state index contributed by atoms with van der Waals surface area (Å²) in [6, 6.07) is 13.8. The molecular weight excluding hydrogens is 388 g/mol.